The normalized spacial score (nSPS) is 12.0. The fourth-order valence-electron chi connectivity index (χ4n) is 3.05. The molecule has 3 aromatic rings. The van der Waals surface area contributed by atoms with E-state index < -0.39 is 50.5 Å². The lowest BCUT2D eigenvalue weighted by atomic mass is 10.1. The molecule has 0 amide bonds. The predicted octanol–water partition coefficient (Wildman–Crippen LogP) is 5.38. The van der Waals surface area contributed by atoms with Crippen LogP contribution in [0.2, 0.25) is 0 Å². The smallest absolute Gasteiger partial charge is 0.246 e. The first-order valence-corrected chi connectivity index (χ1v) is 11.3. The maximum atomic E-state index is 14.4. The summed E-state index contributed by atoms with van der Waals surface area (Å²) in [5, 5.41) is 0. The number of carbonyl (C=O) groups excluding carboxylic acids is 1. The van der Waals surface area contributed by atoms with Gasteiger partial charge in [-0.25, -0.2) is 30.4 Å². The fourth-order valence-corrected chi connectivity index (χ4v) is 4.53. The molecule has 0 aliphatic carbocycles. The average Bonchev–Trinajstić information content (AvgIpc) is 2.80. The van der Waals surface area contributed by atoms with Crippen molar-refractivity contribution in [2.75, 3.05) is 0 Å². The van der Waals surface area contributed by atoms with E-state index in [0.29, 0.717) is 16.7 Å². The van der Waals surface area contributed by atoms with E-state index in [9.17, 15) is 35.2 Å². The van der Waals surface area contributed by atoms with E-state index in [1.807, 2.05) is 0 Å². The van der Waals surface area contributed by atoms with Crippen LogP contribution in [-0.2, 0) is 27.9 Å². The highest BCUT2D eigenvalue weighted by Gasteiger charge is 2.32. The summed E-state index contributed by atoms with van der Waals surface area (Å²) in [5.74, 6) is -9.02. The standard InChI is InChI=1S/C24H18F5NO3S/c1-15(31)2-3-16-4-6-17(7-5-16)13-30(14-18-8-10-19(25)11-9-18)34(32,33)21-12-20(26)22(27)24(29)23(21)28/h2-12H,13-14H2,1H3/b3-2+. The van der Waals surface area contributed by atoms with E-state index in [0.717, 1.165) is 16.4 Å². The number of carbonyl (C=O) groups is 1. The Bertz CT molecular complexity index is 1340. The number of hydrogen-bond acceptors (Lipinski definition) is 3. The molecule has 0 unspecified atom stereocenters. The van der Waals surface area contributed by atoms with Gasteiger partial charge in [0.05, 0.1) is 0 Å². The van der Waals surface area contributed by atoms with Crippen LogP contribution < -0.4 is 0 Å². The van der Waals surface area contributed by atoms with Crippen molar-refractivity contribution in [2.45, 2.75) is 24.9 Å². The highest BCUT2D eigenvalue weighted by Crippen LogP contribution is 2.27. The van der Waals surface area contributed by atoms with Crippen LogP contribution in [0.15, 0.2) is 65.6 Å². The lowest BCUT2D eigenvalue weighted by Gasteiger charge is -2.23. The van der Waals surface area contributed by atoms with Gasteiger partial charge in [-0.1, -0.05) is 42.5 Å². The first-order valence-electron chi connectivity index (χ1n) is 9.84. The van der Waals surface area contributed by atoms with Gasteiger partial charge in [-0.2, -0.15) is 4.31 Å². The Morgan fingerprint density at radius 3 is 1.88 bits per heavy atom. The highest BCUT2D eigenvalue weighted by atomic mass is 32.2. The van der Waals surface area contributed by atoms with Gasteiger partial charge in [0.15, 0.2) is 29.1 Å². The van der Waals surface area contributed by atoms with Gasteiger partial charge < -0.3 is 0 Å². The molecule has 0 saturated carbocycles. The van der Waals surface area contributed by atoms with Gasteiger partial charge in [-0.3, -0.25) is 4.79 Å². The first-order chi connectivity index (χ1) is 16.0. The van der Waals surface area contributed by atoms with Gasteiger partial charge in [0.2, 0.25) is 10.0 Å². The van der Waals surface area contributed by atoms with Gasteiger partial charge in [-0.15, -0.1) is 0 Å². The van der Waals surface area contributed by atoms with Crippen LogP contribution in [0.3, 0.4) is 0 Å². The summed E-state index contributed by atoms with van der Waals surface area (Å²) >= 11 is 0. The molecular formula is C24H18F5NO3S. The highest BCUT2D eigenvalue weighted by molar-refractivity contribution is 7.89. The quantitative estimate of drug-likeness (QED) is 0.183. The molecule has 10 heteroatoms. The minimum atomic E-state index is -4.87. The second-order valence-electron chi connectivity index (χ2n) is 7.38. The molecule has 0 atom stereocenters. The summed E-state index contributed by atoms with van der Waals surface area (Å²) in [5.41, 5.74) is 1.39. The second kappa shape index (κ2) is 10.3. The number of halogens is 5. The van der Waals surface area contributed by atoms with E-state index >= 15 is 0 Å². The summed E-state index contributed by atoms with van der Waals surface area (Å²) in [6, 6.07) is 11.2. The molecule has 0 saturated heterocycles. The van der Waals surface area contributed by atoms with Crippen LogP contribution >= 0.6 is 0 Å². The maximum Gasteiger partial charge on any atom is 0.246 e. The van der Waals surface area contributed by atoms with Crippen molar-refractivity contribution >= 4 is 21.9 Å². The monoisotopic (exact) mass is 495 g/mol. The van der Waals surface area contributed by atoms with Gasteiger partial charge in [0.25, 0.3) is 0 Å². The lowest BCUT2D eigenvalue weighted by Crippen LogP contribution is -2.31. The molecule has 0 aromatic heterocycles. The summed E-state index contributed by atoms with van der Waals surface area (Å²) in [7, 11) is -4.87. The lowest BCUT2D eigenvalue weighted by molar-refractivity contribution is -0.112. The predicted molar refractivity (Wildman–Crippen MR) is 115 cm³/mol. The van der Waals surface area contributed by atoms with E-state index in [-0.39, 0.29) is 18.4 Å². The van der Waals surface area contributed by atoms with Crippen LogP contribution in [0.4, 0.5) is 22.0 Å². The second-order valence-corrected chi connectivity index (χ2v) is 9.29. The van der Waals surface area contributed by atoms with E-state index in [2.05, 4.69) is 0 Å². The molecule has 0 fully saturated rings. The SMILES string of the molecule is CC(=O)/C=C/c1ccc(CN(Cc2ccc(F)cc2)S(=O)(=O)c2cc(F)c(F)c(F)c2F)cc1. The van der Waals surface area contributed by atoms with Gasteiger partial charge in [0.1, 0.15) is 10.7 Å². The Kier molecular flexibility index (Phi) is 7.63. The third kappa shape index (κ3) is 5.75. The van der Waals surface area contributed by atoms with E-state index in [1.165, 1.54) is 25.1 Å². The van der Waals surface area contributed by atoms with Crippen LogP contribution in [-0.4, -0.2) is 18.5 Å². The Morgan fingerprint density at radius 1 is 0.824 bits per heavy atom. The number of allylic oxidation sites excluding steroid dienone is 1. The van der Waals surface area contributed by atoms with Crippen LogP contribution in [0, 0.1) is 29.1 Å². The van der Waals surface area contributed by atoms with E-state index in [4.69, 9.17) is 0 Å². The zero-order valence-electron chi connectivity index (χ0n) is 17.7. The molecule has 0 radical (unpaired) electrons. The van der Waals surface area contributed by atoms with Crippen LogP contribution in [0.25, 0.3) is 6.08 Å². The third-order valence-corrected chi connectivity index (χ3v) is 6.60. The van der Waals surface area contributed by atoms with Crippen molar-refractivity contribution < 1.29 is 35.2 Å². The molecule has 0 aliphatic heterocycles. The summed E-state index contributed by atoms with van der Waals surface area (Å²) < 4.78 is 95.7. The number of hydrogen-bond donors (Lipinski definition) is 0. The maximum absolute atomic E-state index is 14.4. The number of sulfonamides is 1. The van der Waals surface area contributed by atoms with Crippen molar-refractivity contribution in [1.82, 2.24) is 4.31 Å². The van der Waals surface area contributed by atoms with Crippen LogP contribution in [0.5, 0.6) is 0 Å². The Labute approximate surface area is 193 Å². The Hall–Kier alpha value is -3.37. The molecule has 34 heavy (non-hydrogen) atoms. The van der Waals surface area contributed by atoms with Crippen molar-refractivity contribution in [2.24, 2.45) is 0 Å². The zero-order valence-corrected chi connectivity index (χ0v) is 18.6. The number of ketones is 1. The minimum absolute atomic E-state index is 0.0798. The zero-order chi connectivity index (χ0) is 25.0. The molecule has 0 spiro atoms. The largest absolute Gasteiger partial charge is 0.295 e. The summed E-state index contributed by atoms with van der Waals surface area (Å²) in [6.07, 6.45) is 2.90. The molecule has 3 rings (SSSR count). The molecule has 3 aromatic carbocycles. The van der Waals surface area contributed by atoms with Crippen LogP contribution in [0.1, 0.15) is 23.6 Å². The van der Waals surface area contributed by atoms with Crippen molar-refractivity contribution in [1.29, 1.82) is 0 Å². The van der Waals surface area contributed by atoms with Crippen molar-refractivity contribution in [3.8, 4) is 0 Å². The van der Waals surface area contributed by atoms with Gasteiger partial charge in [-0.05, 0) is 41.8 Å². The van der Waals surface area contributed by atoms with Crippen molar-refractivity contribution in [3.63, 3.8) is 0 Å². The van der Waals surface area contributed by atoms with Gasteiger partial charge in [0, 0.05) is 19.2 Å². The number of benzene rings is 3. The van der Waals surface area contributed by atoms with Crippen molar-refractivity contribution in [3.05, 3.63) is 106 Å². The molecule has 0 aliphatic rings. The molecular weight excluding hydrogens is 477 g/mol. The Balaban J connectivity index is 2.02. The molecule has 0 bridgehead atoms. The van der Waals surface area contributed by atoms with E-state index in [1.54, 1.807) is 30.3 Å². The number of nitrogens with zero attached hydrogens (tertiary/aromatic N) is 1. The van der Waals surface area contributed by atoms with Gasteiger partial charge >= 0.3 is 0 Å². The molecule has 178 valence electrons. The fraction of sp³-hybridized carbons (Fsp3) is 0.125. The first kappa shape index (κ1) is 25.3. The number of rotatable bonds is 8. The average molecular weight is 495 g/mol. The summed E-state index contributed by atoms with van der Waals surface area (Å²) in [4.78, 5) is 9.71. The minimum Gasteiger partial charge on any atom is -0.295 e. The molecule has 0 N–H and O–H groups in total. The molecule has 0 heterocycles. The Morgan fingerprint density at radius 2 is 1.35 bits per heavy atom. The summed E-state index contributed by atoms with van der Waals surface area (Å²) in [6.45, 7) is 0.633. The molecule has 4 nitrogen and oxygen atoms in total. The third-order valence-electron chi connectivity index (χ3n) is 4.81. The topological polar surface area (TPSA) is 54.5 Å².